The molecular formula is C17H12FN5S2. The van der Waals surface area contributed by atoms with Crippen LogP contribution in [0.1, 0.15) is 5.82 Å². The van der Waals surface area contributed by atoms with Gasteiger partial charge in [-0.05, 0) is 66.6 Å². The molecule has 8 heteroatoms. The second kappa shape index (κ2) is 6.73. The topological polar surface area (TPSA) is 56.5 Å². The molecule has 0 saturated heterocycles. The highest BCUT2D eigenvalue weighted by atomic mass is 32.2. The van der Waals surface area contributed by atoms with Crippen molar-refractivity contribution in [1.82, 2.24) is 24.1 Å². The van der Waals surface area contributed by atoms with E-state index in [0.717, 1.165) is 21.4 Å². The van der Waals surface area contributed by atoms with E-state index in [1.165, 1.54) is 35.4 Å². The van der Waals surface area contributed by atoms with Gasteiger partial charge in [0.05, 0.1) is 0 Å². The lowest BCUT2D eigenvalue weighted by Crippen LogP contribution is -1.99. The molecule has 2 aromatic carbocycles. The highest BCUT2D eigenvalue weighted by molar-refractivity contribution is 8.00. The summed E-state index contributed by atoms with van der Waals surface area (Å²) in [5.74, 6) is 1.10. The van der Waals surface area contributed by atoms with Crippen LogP contribution in [0, 0.1) is 12.7 Å². The van der Waals surface area contributed by atoms with E-state index in [0.29, 0.717) is 11.0 Å². The largest absolute Gasteiger partial charge is 0.270 e. The van der Waals surface area contributed by atoms with Gasteiger partial charge in [0, 0.05) is 11.3 Å². The number of rotatable bonds is 4. The third-order valence-electron chi connectivity index (χ3n) is 3.44. The van der Waals surface area contributed by atoms with Crippen LogP contribution in [0.3, 0.4) is 0 Å². The Labute approximate surface area is 151 Å². The molecule has 0 atom stereocenters. The number of aryl methyl sites for hydroxylation is 1. The summed E-state index contributed by atoms with van der Waals surface area (Å²) in [5.41, 5.74) is 1.72. The smallest absolute Gasteiger partial charge is 0.203 e. The summed E-state index contributed by atoms with van der Waals surface area (Å²) in [6.45, 7) is 1.85. The molecule has 4 aromatic rings. The maximum atomic E-state index is 13.3. The standard InChI is InChI=1S/C17H12FN5S2/c1-11-19-17(25-22-11)24-16-21-20-15(12-7-9-13(18)10-8-12)23(16)14-5-3-2-4-6-14/h2-10H,1H3. The molecule has 25 heavy (non-hydrogen) atoms. The van der Waals surface area contributed by atoms with Crippen molar-refractivity contribution >= 4 is 23.3 Å². The van der Waals surface area contributed by atoms with Gasteiger partial charge in [0.2, 0.25) is 5.16 Å². The third-order valence-corrected chi connectivity index (χ3v) is 5.23. The van der Waals surface area contributed by atoms with Crippen LogP contribution in [0.4, 0.5) is 4.39 Å². The van der Waals surface area contributed by atoms with E-state index in [-0.39, 0.29) is 5.82 Å². The molecule has 0 aliphatic heterocycles. The van der Waals surface area contributed by atoms with E-state index < -0.39 is 0 Å². The quantitative estimate of drug-likeness (QED) is 0.534. The van der Waals surface area contributed by atoms with E-state index in [1.54, 1.807) is 12.1 Å². The van der Waals surface area contributed by atoms with Gasteiger partial charge in [0.25, 0.3) is 0 Å². The molecule has 0 spiro atoms. The molecule has 0 fully saturated rings. The Morgan fingerprint density at radius 3 is 2.44 bits per heavy atom. The zero-order valence-corrected chi connectivity index (χ0v) is 14.8. The van der Waals surface area contributed by atoms with E-state index in [2.05, 4.69) is 19.6 Å². The van der Waals surface area contributed by atoms with Crippen molar-refractivity contribution in [3.05, 3.63) is 66.2 Å². The van der Waals surface area contributed by atoms with E-state index in [4.69, 9.17) is 0 Å². The minimum atomic E-state index is -0.284. The van der Waals surface area contributed by atoms with Crippen LogP contribution < -0.4 is 0 Å². The van der Waals surface area contributed by atoms with Crippen molar-refractivity contribution in [3.63, 3.8) is 0 Å². The molecule has 0 bridgehead atoms. The minimum Gasteiger partial charge on any atom is -0.270 e. The van der Waals surface area contributed by atoms with Crippen LogP contribution in [0.25, 0.3) is 17.1 Å². The summed E-state index contributed by atoms with van der Waals surface area (Å²) in [6.07, 6.45) is 0. The summed E-state index contributed by atoms with van der Waals surface area (Å²) in [4.78, 5) is 4.37. The van der Waals surface area contributed by atoms with Gasteiger partial charge in [0.15, 0.2) is 10.2 Å². The summed E-state index contributed by atoms with van der Waals surface area (Å²) in [5, 5.41) is 9.32. The Bertz CT molecular complexity index is 996. The van der Waals surface area contributed by atoms with Crippen molar-refractivity contribution in [2.45, 2.75) is 16.4 Å². The van der Waals surface area contributed by atoms with Gasteiger partial charge in [0.1, 0.15) is 11.6 Å². The molecular weight excluding hydrogens is 357 g/mol. The van der Waals surface area contributed by atoms with Gasteiger partial charge in [-0.15, -0.1) is 10.2 Å². The molecule has 2 aromatic heterocycles. The highest BCUT2D eigenvalue weighted by Crippen LogP contribution is 2.32. The van der Waals surface area contributed by atoms with Crippen molar-refractivity contribution in [2.75, 3.05) is 0 Å². The first-order valence-corrected chi connectivity index (χ1v) is 9.04. The molecule has 124 valence electrons. The van der Waals surface area contributed by atoms with Crippen LogP contribution in [-0.2, 0) is 0 Å². The zero-order valence-electron chi connectivity index (χ0n) is 13.1. The van der Waals surface area contributed by atoms with Crippen LogP contribution in [0.2, 0.25) is 0 Å². The van der Waals surface area contributed by atoms with Crippen LogP contribution in [0.15, 0.2) is 64.1 Å². The number of hydrogen-bond acceptors (Lipinski definition) is 6. The van der Waals surface area contributed by atoms with E-state index in [1.807, 2.05) is 41.8 Å². The van der Waals surface area contributed by atoms with Gasteiger partial charge in [-0.25, -0.2) is 9.37 Å². The van der Waals surface area contributed by atoms with Gasteiger partial charge < -0.3 is 0 Å². The Balaban J connectivity index is 1.83. The predicted octanol–water partition coefficient (Wildman–Crippen LogP) is 4.38. The maximum absolute atomic E-state index is 13.3. The molecule has 0 unspecified atom stereocenters. The van der Waals surface area contributed by atoms with Crippen molar-refractivity contribution < 1.29 is 4.39 Å². The summed E-state index contributed by atoms with van der Waals surface area (Å²) < 4.78 is 20.2. The summed E-state index contributed by atoms with van der Waals surface area (Å²) in [6, 6.07) is 16.0. The molecule has 0 N–H and O–H groups in total. The molecule has 0 aliphatic rings. The summed E-state index contributed by atoms with van der Waals surface area (Å²) >= 11 is 2.74. The van der Waals surface area contributed by atoms with Crippen LogP contribution in [0.5, 0.6) is 0 Å². The number of aromatic nitrogens is 5. The Morgan fingerprint density at radius 2 is 1.76 bits per heavy atom. The Kier molecular flexibility index (Phi) is 4.29. The number of halogens is 1. The van der Waals surface area contributed by atoms with Crippen molar-refractivity contribution in [1.29, 1.82) is 0 Å². The first kappa shape index (κ1) is 15.9. The fourth-order valence-electron chi connectivity index (χ4n) is 2.33. The predicted molar refractivity (Wildman–Crippen MR) is 95.5 cm³/mol. The Hall–Kier alpha value is -2.58. The van der Waals surface area contributed by atoms with E-state index in [9.17, 15) is 4.39 Å². The lowest BCUT2D eigenvalue weighted by atomic mass is 10.2. The van der Waals surface area contributed by atoms with Crippen LogP contribution >= 0.6 is 23.3 Å². The Morgan fingerprint density at radius 1 is 1.00 bits per heavy atom. The monoisotopic (exact) mass is 369 g/mol. The van der Waals surface area contributed by atoms with Crippen molar-refractivity contribution in [3.8, 4) is 17.1 Å². The second-order valence-corrected chi connectivity index (χ2v) is 7.16. The summed E-state index contributed by atoms with van der Waals surface area (Å²) in [7, 11) is 0. The number of nitrogens with zero attached hydrogens (tertiary/aromatic N) is 5. The number of para-hydroxylation sites is 1. The number of benzene rings is 2. The normalized spacial score (nSPS) is 11.0. The first-order valence-electron chi connectivity index (χ1n) is 7.45. The lowest BCUT2D eigenvalue weighted by Gasteiger charge is -2.09. The molecule has 4 rings (SSSR count). The molecule has 5 nitrogen and oxygen atoms in total. The molecule has 0 saturated carbocycles. The average molecular weight is 369 g/mol. The average Bonchev–Trinajstić information content (AvgIpc) is 3.23. The molecule has 0 amide bonds. The van der Waals surface area contributed by atoms with E-state index >= 15 is 0 Å². The second-order valence-electron chi connectivity index (χ2n) is 5.19. The zero-order chi connectivity index (χ0) is 17.2. The minimum absolute atomic E-state index is 0.284. The fraction of sp³-hybridized carbons (Fsp3) is 0.0588. The molecule has 0 radical (unpaired) electrons. The van der Waals surface area contributed by atoms with Gasteiger partial charge >= 0.3 is 0 Å². The lowest BCUT2D eigenvalue weighted by molar-refractivity contribution is 0.628. The number of hydrogen-bond donors (Lipinski definition) is 0. The fourth-order valence-corrected chi connectivity index (χ4v) is 3.94. The van der Waals surface area contributed by atoms with Gasteiger partial charge in [-0.3, -0.25) is 4.57 Å². The van der Waals surface area contributed by atoms with Crippen LogP contribution in [-0.4, -0.2) is 24.1 Å². The highest BCUT2D eigenvalue weighted by Gasteiger charge is 2.18. The third kappa shape index (κ3) is 3.31. The molecule has 0 aliphatic carbocycles. The SMILES string of the molecule is Cc1nsc(Sc2nnc(-c3ccc(F)cc3)n2-c2ccccc2)n1. The van der Waals surface area contributed by atoms with Crippen molar-refractivity contribution in [2.24, 2.45) is 0 Å². The van der Waals surface area contributed by atoms with Gasteiger partial charge in [-0.2, -0.15) is 4.37 Å². The van der Waals surface area contributed by atoms with Gasteiger partial charge in [-0.1, -0.05) is 18.2 Å². The first-order chi connectivity index (χ1) is 12.2. The molecule has 2 heterocycles. The maximum Gasteiger partial charge on any atom is 0.203 e.